The van der Waals surface area contributed by atoms with Gasteiger partial charge in [-0.2, -0.15) is 0 Å². The van der Waals surface area contributed by atoms with Gasteiger partial charge in [-0.1, -0.05) is 0 Å². The fourth-order valence-electron chi connectivity index (χ4n) is 0.482. The van der Waals surface area contributed by atoms with Crippen LogP contribution < -0.4 is 0 Å². The zero-order valence-electron chi connectivity index (χ0n) is 5.28. The minimum Gasteiger partial charge on any atom is -0.481 e. The number of carboxylic acid groups (broad SMARTS) is 2. The largest absolute Gasteiger partial charge is 0.481 e. The van der Waals surface area contributed by atoms with E-state index in [0.29, 0.717) is 0 Å². The summed E-state index contributed by atoms with van der Waals surface area (Å²) >= 11 is 0. The van der Waals surface area contributed by atoms with Gasteiger partial charge in [0.15, 0.2) is 0 Å². The van der Waals surface area contributed by atoms with Crippen molar-refractivity contribution in [3.63, 3.8) is 0 Å². The lowest BCUT2D eigenvalue weighted by Crippen LogP contribution is -2.16. The lowest BCUT2D eigenvalue weighted by atomic mass is 10.0. The molecule has 0 aromatic carbocycles. The topological polar surface area (TPSA) is 74.6 Å². The minimum atomic E-state index is -1.16. The van der Waals surface area contributed by atoms with Gasteiger partial charge in [-0.15, -0.1) is 0 Å². The summed E-state index contributed by atoms with van der Waals surface area (Å²) in [4.78, 5) is 20.1. The highest BCUT2D eigenvalue weighted by molar-refractivity contribution is 5.77. The van der Waals surface area contributed by atoms with Crippen LogP contribution in [-0.4, -0.2) is 22.2 Å². The Morgan fingerprint density at radius 1 is 1.40 bits per heavy atom. The summed E-state index contributed by atoms with van der Waals surface area (Å²) in [5.74, 6) is -3.26. The lowest BCUT2D eigenvalue weighted by Gasteiger charge is -2.03. The smallest absolute Gasteiger partial charge is 0.307 e. The number of rotatable bonds is 4. The van der Waals surface area contributed by atoms with E-state index in [1.807, 2.05) is 0 Å². The second-order valence-electron chi connectivity index (χ2n) is 1.87. The van der Waals surface area contributed by atoms with Gasteiger partial charge in [-0.05, 0) is 13.3 Å². The molecule has 0 fully saturated rings. The first-order chi connectivity index (χ1) is 4.57. The van der Waals surface area contributed by atoms with Crippen LogP contribution in [-0.2, 0) is 9.59 Å². The fraction of sp³-hybridized carbons (Fsp3) is 0.500. The summed E-state index contributed by atoms with van der Waals surface area (Å²) in [7, 11) is 0. The Morgan fingerprint density at radius 3 is 2.00 bits per heavy atom. The average Bonchev–Trinajstić information content (AvgIpc) is 1.81. The normalized spacial score (nSPS) is 12.5. The number of carbonyl (C=O) groups is 2. The monoisotopic (exact) mass is 144 g/mol. The molecule has 0 rings (SSSR count). The van der Waals surface area contributed by atoms with Crippen molar-refractivity contribution in [1.82, 2.24) is 0 Å². The van der Waals surface area contributed by atoms with Crippen LogP contribution in [0.5, 0.6) is 0 Å². The summed E-state index contributed by atoms with van der Waals surface area (Å²) in [6.45, 7) is 4.98. The van der Waals surface area contributed by atoms with Crippen LogP contribution in [0.15, 0.2) is 0 Å². The van der Waals surface area contributed by atoms with Crippen molar-refractivity contribution >= 4 is 11.9 Å². The number of aliphatic carboxylic acids is 2. The quantitative estimate of drug-likeness (QED) is 0.593. The maximum absolute atomic E-state index is 10.1. The molecule has 4 heteroatoms. The van der Waals surface area contributed by atoms with E-state index < -0.39 is 24.3 Å². The first kappa shape index (κ1) is 8.94. The third-order valence-corrected chi connectivity index (χ3v) is 1.05. The fourth-order valence-corrected chi connectivity index (χ4v) is 0.482. The molecule has 4 nitrogen and oxygen atoms in total. The molecule has 1 atom stereocenters. The lowest BCUT2D eigenvalue weighted by molar-refractivity contribution is -0.148. The third kappa shape index (κ3) is 3.06. The van der Waals surface area contributed by atoms with Gasteiger partial charge in [-0.3, -0.25) is 9.59 Å². The Hall–Kier alpha value is -1.06. The van der Waals surface area contributed by atoms with Crippen molar-refractivity contribution in [1.29, 1.82) is 0 Å². The van der Waals surface area contributed by atoms with E-state index in [0.717, 1.165) is 0 Å². The van der Waals surface area contributed by atoms with Crippen molar-refractivity contribution in [2.75, 3.05) is 0 Å². The first-order valence-corrected chi connectivity index (χ1v) is 2.72. The molecule has 10 heavy (non-hydrogen) atoms. The maximum Gasteiger partial charge on any atom is 0.307 e. The minimum absolute atomic E-state index is 0.137. The van der Waals surface area contributed by atoms with Gasteiger partial charge in [-0.25, -0.2) is 0 Å². The van der Waals surface area contributed by atoms with Crippen LogP contribution in [0.1, 0.15) is 12.8 Å². The molecule has 0 heterocycles. The van der Waals surface area contributed by atoms with Gasteiger partial charge in [0.25, 0.3) is 0 Å². The molecular weight excluding hydrogens is 136 g/mol. The van der Waals surface area contributed by atoms with E-state index in [4.69, 9.17) is 17.1 Å². The van der Waals surface area contributed by atoms with Crippen molar-refractivity contribution < 1.29 is 19.8 Å². The molecule has 0 saturated carbocycles. The highest BCUT2D eigenvalue weighted by Gasteiger charge is 2.17. The number of hydrogen-bond acceptors (Lipinski definition) is 2. The SMILES string of the molecule is [CH]CC(CC(=O)O)C(=O)O. The van der Waals surface area contributed by atoms with Crippen molar-refractivity contribution in [2.45, 2.75) is 12.8 Å². The predicted octanol–water partition coefficient (Wildman–Crippen LogP) is 0.263. The molecule has 0 bridgehead atoms. The van der Waals surface area contributed by atoms with Gasteiger partial charge in [0.2, 0.25) is 0 Å². The van der Waals surface area contributed by atoms with Gasteiger partial charge in [0.1, 0.15) is 0 Å². The zero-order valence-corrected chi connectivity index (χ0v) is 5.28. The number of carboxylic acids is 2. The van der Waals surface area contributed by atoms with Crippen molar-refractivity contribution in [3.8, 4) is 0 Å². The van der Waals surface area contributed by atoms with Gasteiger partial charge in [0.05, 0.1) is 12.3 Å². The van der Waals surface area contributed by atoms with Gasteiger partial charge >= 0.3 is 11.9 Å². The summed E-state index contributed by atoms with van der Waals surface area (Å²) in [6, 6.07) is 0. The van der Waals surface area contributed by atoms with E-state index >= 15 is 0 Å². The third-order valence-electron chi connectivity index (χ3n) is 1.05. The average molecular weight is 144 g/mol. The molecule has 0 aliphatic rings. The van der Waals surface area contributed by atoms with Gasteiger partial charge < -0.3 is 10.2 Å². The summed E-state index contributed by atoms with van der Waals surface area (Å²) in [5.41, 5.74) is 0. The van der Waals surface area contributed by atoms with Crippen LogP contribution in [0.4, 0.5) is 0 Å². The molecule has 0 aromatic rings. The molecule has 1 unspecified atom stereocenters. The second kappa shape index (κ2) is 3.87. The Kier molecular flexibility index (Phi) is 3.46. The van der Waals surface area contributed by atoms with Crippen LogP contribution in [0.3, 0.4) is 0 Å². The molecule has 0 spiro atoms. The molecule has 2 N–H and O–H groups in total. The zero-order chi connectivity index (χ0) is 8.15. The second-order valence-corrected chi connectivity index (χ2v) is 1.87. The predicted molar refractivity (Wildman–Crippen MR) is 32.3 cm³/mol. The molecule has 0 amide bonds. The van der Waals surface area contributed by atoms with E-state index in [1.165, 1.54) is 0 Å². The van der Waals surface area contributed by atoms with Gasteiger partial charge in [0, 0.05) is 0 Å². The molecule has 0 saturated heterocycles. The molecule has 0 aromatic heterocycles. The molecule has 0 aliphatic carbocycles. The Bertz CT molecular complexity index is 141. The maximum atomic E-state index is 10.1. The molecule has 56 valence electrons. The van der Waals surface area contributed by atoms with E-state index in [9.17, 15) is 9.59 Å². The molecule has 2 radical (unpaired) electrons. The number of hydrogen-bond donors (Lipinski definition) is 2. The summed E-state index contributed by atoms with van der Waals surface area (Å²) in [5, 5.41) is 16.4. The van der Waals surface area contributed by atoms with Crippen LogP contribution in [0.2, 0.25) is 0 Å². The highest BCUT2D eigenvalue weighted by atomic mass is 16.4. The van der Waals surface area contributed by atoms with Crippen LogP contribution in [0.25, 0.3) is 0 Å². The summed E-state index contributed by atoms with van der Waals surface area (Å²) in [6.07, 6.45) is -0.548. The van der Waals surface area contributed by atoms with E-state index in [1.54, 1.807) is 0 Å². The molecule has 0 aliphatic heterocycles. The van der Waals surface area contributed by atoms with E-state index in [-0.39, 0.29) is 6.42 Å². The highest BCUT2D eigenvalue weighted by Crippen LogP contribution is 2.06. The Morgan fingerprint density at radius 2 is 1.90 bits per heavy atom. The van der Waals surface area contributed by atoms with E-state index in [2.05, 4.69) is 0 Å². The van der Waals surface area contributed by atoms with Crippen LogP contribution in [0, 0.1) is 12.8 Å². The Balaban J connectivity index is 3.83. The standard InChI is InChI=1S/C6H8O4/c1-2-4(6(9)10)3-5(7)8/h1,4H,2-3H2,(H,7,8)(H,9,10). The summed E-state index contributed by atoms with van der Waals surface area (Å²) < 4.78 is 0. The van der Waals surface area contributed by atoms with Crippen LogP contribution >= 0.6 is 0 Å². The molecular formula is C6H8O4. The Labute approximate surface area is 58.5 Å². The van der Waals surface area contributed by atoms with Crippen molar-refractivity contribution in [2.24, 2.45) is 5.92 Å². The van der Waals surface area contributed by atoms with Crippen molar-refractivity contribution in [3.05, 3.63) is 6.92 Å². The first-order valence-electron chi connectivity index (χ1n) is 2.72.